The van der Waals surface area contributed by atoms with Crippen LogP contribution in [0.5, 0.6) is 0 Å². The van der Waals surface area contributed by atoms with E-state index in [0.29, 0.717) is 12.0 Å². The van der Waals surface area contributed by atoms with E-state index in [0.717, 1.165) is 37.2 Å². The molecule has 0 spiro atoms. The molecule has 5 rings (SSSR count). The fourth-order valence-corrected chi connectivity index (χ4v) is 4.73. The third kappa shape index (κ3) is 3.82. The normalized spacial score (nSPS) is 24.1. The van der Waals surface area contributed by atoms with Crippen LogP contribution in [0, 0.1) is 0 Å². The summed E-state index contributed by atoms with van der Waals surface area (Å²) in [7, 11) is 0. The van der Waals surface area contributed by atoms with E-state index in [-0.39, 0.29) is 6.10 Å². The van der Waals surface area contributed by atoms with Crippen molar-refractivity contribution in [1.82, 2.24) is 19.7 Å². The Hall–Kier alpha value is -1.37. The lowest BCUT2D eigenvalue weighted by Gasteiger charge is -2.32. The Labute approximate surface area is 159 Å². The van der Waals surface area contributed by atoms with Crippen molar-refractivity contribution < 1.29 is 4.74 Å². The van der Waals surface area contributed by atoms with Gasteiger partial charge in [-0.1, -0.05) is 42.1 Å². The van der Waals surface area contributed by atoms with Crippen molar-refractivity contribution in [2.45, 2.75) is 55.4 Å². The van der Waals surface area contributed by atoms with Gasteiger partial charge in [0.1, 0.15) is 5.82 Å². The number of ether oxygens (including phenoxy) is 1. The van der Waals surface area contributed by atoms with Gasteiger partial charge in [0.15, 0.2) is 5.16 Å². The zero-order valence-electron chi connectivity index (χ0n) is 15.1. The number of rotatable bonds is 7. The second-order valence-electron chi connectivity index (χ2n) is 7.74. The molecular formula is C20H26N4OS. The third-order valence-electron chi connectivity index (χ3n) is 5.42. The summed E-state index contributed by atoms with van der Waals surface area (Å²) in [4.78, 5) is 2.51. The van der Waals surface area contributed by atoms with Crippen LogP contribution in [-0.4, -0.2) is 51.2 Å². The van der Waals surface area contributed by atoms with E-state index in [9.17, 15) is 0 Å². The van der Waals surface area contributed by atoms with Gasteiger partial charge in [-0.05, 0) is 31.2 Å². The smallest absolute Gasteiger partial charge is 0.191 e. The van der Waals surface area contributed by atoms with Crippen LogP contribution in [0.4, 0.5) is 0 Å². The van der Waals surface area contributed by atoms with Gasteiger partial charge in [0.25, 0.3) is 0 Å². The summed E-state index contributed by atoms with van der Waals surface area (Å²) in [5, 5.41) is 10.1. The monoisotopic (exact) mass is 370 g/mol. The number of benzene rings is 1. The second-order valence-corrected chi connectivity index (χ2v) is 8.73. The van der Waals surface area contributed by atoms with Crippen LogP contribution in [-0.2, 0) is 11.3 Å². The minimum atomic E-state index is 0.270. The highest BCUT2D eigenvalue weighted by molar-refractivity contribution is 7.99. The van der Waals surface area contributed by atoms with Crippen LogP contribution >= 0.6 is 11.8 Å². The number of thioether (sulfide) groups is 1. The maximum Gasteiger partial charge on any atom is 0.191 e. The molecule has 1 atom stereocenters. The highest BCUT2D eigenvalue weighted by atomic mass is 32.2. The Balaban J connectivity index is 1.19. The lowest BCUT2D eigenvalue weighted by atomic mass is 10.2. The van der Waals surface area contributed by atoms with Gasteiger partial charge in [-0.25, -0.2) is 0 Å². The minimum absolute atomic E-state index is 0.270. The summed E-state index contributed by atoms with van der Waals surface area (Å²) in [5.41, 5.74) is 1.38. The SMILES string of the molecule is c1ccc(CN2CCOC(CSc3nnc(C4CC4)n3C3CC3)C2)cc1. The molecule has 138 valence electrons. The number of hydrogen-bond acceptors (Lipinski definition) is 5. The van der Waals surface area contributed by atoms with E-state index >= 15 is 0 Å². The Kier molecular flexibility index (Phi) is 4.73. The molecule has 1 aromatic heterocycles. The molecule has 2 saturated carbocycles. The highest BCUT2D eigenvalue weighted by Crippen LogP contribution is 2.46. The van der Waals surface area contributed by atoms with Crippen LogP contribution in [0.15, 0.2) is 35.5 Å². The summed E-state index contributed by atoms with van der Waals surface area (Å²) in [6, 6.07) is 11.4. The van der Waals surface area contributed by atoms with Crippen LogP contribution in [0.25, 0.3) is 0 Å². The van der Waals surface area contributed by atoms with Crippen molar-refractivity contribution in [2.75, 3.05) is 25.4 Å². The number of morpholine rings is 1. The van der Waals surface area contributed by atoms with E-state index in [1.54, 1.807) is 0 Å². The maximum absolute atomic E-state index is 6.03. The minimum Gasteiger partial charge on any atom is -0.375 e. The Morgan fingerprint density at radius 3 is 2.69 bits per heavy atom. The van der Waals surface area contributed by atoms with E-state index in [2.05, 4.69) is 50.0 Å². The molecule has 3 fully saturated rings. The fraction of sp³-hybridized carbons (Fsp3) is 0.600. The predicted molar refractivity (Wildman–Crippen MR) is 102 cm³/mol. The van der Waals surface area contributed by atoms with Crippen LogP contribution in [0.2, 0.25) is 0 Å². The number of aromatic nitrogens is 3. The van der Waals surface area contributed by atoms with Gasteiger partial charge < -0.3 is 9.30 Å². The first-order valence-electron chi connectivity index (χ1n) is 9.82. The van der Waals surface area contributed by atoms with Gasteiger partial charge >= 0.3 is 0 Å². The average Bonchev–Trinajstić information content (AvgIpc) is 3.60. The van der Waals surface area contributed by atoms with Gasteiger partial charge in [0.2, 0.25) is 0 Å². The van der Waals surface area contributed by atoms with E-state index in [1.165, 1.54) is 37.1 Å². The molecule has 5 nitrogen and oxygen atoms in total. The topological polar surface area (TPSA) is 43.2 Å². The quantitative estimate of drug-likeness (QED) is 0.698. The molecular weight excluding hydrogens is 344 g/mol. The molecule has 0 radical (unpaired) electrons. The standard InChI is InChI=1S/C20H26N4OS/c1-2-4-15(5-3-1)12-23-10-11-25-18(13-23)14-26-20-22-21-19(16-6-7-16)24(20)17-8-9-17/h1-5,16-18H,6-14H2. The molecule has 6 heteroatoms. The van der Waals surface area contributed by atoms with Gasteiger partial charge in [-0.2, -0.15) is 0 Å². The molecule has 3 aliphatic rings. The predicted octanol–water partition coefficient (Wildman–Crippen LogP) is 3.48. The molecule has 0 bridgehead atoms. The zero-order valence-corrected chi connectivity index (χ0v) is 15.9. The molecule has 0 N–H and O–H groups in total. The maximum atomic E-state index is 6.03. The molecule has 26 heavy (non-hydrogen) atoms. The fourth-order valence-electron chi connectivity index (χ4n) is 3.72. The first kappa shape index (κ1) is 16.8. The van der Waals surface area contributed by atoms with Crippen molar-refractivity contribution in [3.05, 3.63) is 41.7 Å². The summed E-state index contributed by atoms with van der Waals surface area (Å²) in [6.45, 7) is 3.84. The molecule has 1 unspecified atom stereocenters. The van der Waals surface area contributed by atoms with Gasteiger partial charge in [-0.15, -0.1) is 10.2 Å². The van der Waals surface area contributed by atoms with Crippen LogP contribution in [0.3, 0.4) is 0 Å². The average molecular weight is 371 g/mol. The Bertz CT molecular complexity index is 742. The lowest BCUT2D eigenvalue weighted by Crippen LogP contribution is -2.43. The van der Waals surface area contributed by atoms with Gasteiger partial charge in [-0.3, -0.25) is 4.90 Å². The van der Waals surface area contributed by atoms with Crippen molar-refractivity contribution >= 4 is 11.8 Å². The lowest BCUT2D eigenvalue weighted by molar-refractivity contribution is -0.0187. The van der Waals surface area contributed by atoms with Crippen molar-refractivity contribution in [3.63, 3.8) is 0 Å². The first-order chi connectivity index (χ1) is 12.9. The van der Waals surface area contributed by atoms with Gasteiger partial charge in [0.05, 0.1) is 12.7 Å². The Morgan fingerprint density at radius 2 is 1.92 bits per heavy atom. The number of nitrogens with zero attached hydrogens (tertiary/aromatic N) is 4. The summed E-state index contributed by atoms with van der Waals surface area (Å²) < 4.78 is 8.47. The van der Waals surface area contributed by atoms with Crippen molar-refractivity contribution in [2.24, 2.45) is 0 Å². The van der Waals surface area contributed by atoms with Crippen molar-refractivity contribution in [1.29, 1.82) is 0 Å². The Morgan fingerprint density at radius 1 is 1.08 bits per heavy atom. The number of hydrogen-bond donors (Lipinski definition) is 0. The van der Waals surface area contributed by atoms with Crippen LogP contribution in [0.1, 0.15) is 49.0 Å². The third-order valence-corrected chi connectivity index (χ3v) is 6.49. The van der Waals surface area contributed by atoms with Gasteiger partial charge in [0, 0.05) is 37.3 Å². The summed E-state index contributed by atoms with van der Waals surface area (Å²) in [6.07, 6.45) is 5.42. The van der Waals surface area contributed by atoms with E-state index < -0.39 is 0 Å². The summed E-state index contributed by atoms with van der Waals surface area (Å²) >= 11 is 1.83. The molecule has 2 aromatic rings. The first-order valence-corrected chi connectivity index (χ1v) is 10.8. The van der Waals surface area contributed by atoms with E-state index in [4.69, 9.17) is 4.74 Å². The second kappa shape index (κ2) is 7.33. The van der Waals surface area contributed by atoms with Crippen molar-refractivity contribution in [3.8, 4) is 0 Å². The largest absolute Gasteiger partial charge is 0.375 e. The molecule has 1 aliphatic heterocycles. The van der Waals surface area contributed by atoms with E-state index in [1.807, 2.05) is 11.8 Å². The van der Waals surface area contributed by atoms with Crippen LogP contribution < -0.4 is 0 Å². The molecule has 2 heterocycles. The molecule has 0 amide bonds. The molecule has 2 aliphatic carbocycles. The molecule has 1 aromatic carbocycles. The summed E-state index contributed by atoms with van der Waals surface area (Å²) in [5.74, 6) is 2.87. The zero-order chi connectivity index (χ0) is 17.3. The highest BCUT2D eigenvalue weighted by Gasteiger charge is 2.36. The molecule has 1 saturated heterocycles.